The van der Waals surface area contributed by atoms with E-state index in [0.29, 0.717) is 0 Å². The molecule has 4 atom stereocenters. The molecule has 144 valence electrons. The van der Waals surface area contributed by atoms with Gasteiger partial charge in [0.2, 0.25) is 0 Å². The van der Waals surface area contributed by atoms with Gasteiger partial charge in [0, 0.05) is 18.7 Å². The van der Waals surface area contributed by atoms with E-state index >= 15 is 0 Å². The highest BCUT2D eigenvalue weighted by atomic mass is 19.1. The van der Waals surface area contributed by atoms with Crippen molar-refractivity contribution in [2.24, 2.45) is 5.92 Å². The predicted octanol–water partition coefficient (Wildman–Crippen LogP) is 1.24. The van der Waals surface area contributed by atoms with E-state index < -0.39 is 36.0 Å². The van der Waals surface area contributed by atoms with Crippen LogP contribution in [-0.2, 0) is 11.3 Å². The maximum Gasteiger partial charge on any atom is 0.413 e. The molecule has 1 aliphatic carbocycles. The maximum atomic E-state index is 14.2. The molecule has 1 saturated carbocycles. The van der Waals surface area contributed by atoms with Crippen molar-refractivity contribution in [3.63, 3.8) is 0 Å². The van der Waals surface area contributed by atoms with Crippen molar-refractivity contribution in [1.29, 1.82) is 0 Å². The second-order valence-electron chi connectivity index (χ2n) is 6.37. The van der Waals surface area contributed by atoms with Crippen LogP contribution in [0, 0.1) is 5.92 Å². The van der Waals surface area contributed by atoms with E-state index in [0.717, 1.165) is 10.1 Å². The standard InChI is InChI=1S/C18H20FN3O5/c19-15-13(8-12(9-23)16(15)24)22-7-6-14(20-17(22)25)21-18(26)27-10-11-4-2-1-3-5-11/h1-7,12-13,15-16,23-24H,8-10H2,(H,20,21,25,26)/t12-,13-,15-,16-/m1/s1. The molecule has 1 aromatic carbocycles. The number of aliphatic hydroxyl groups excluding tert-OH is 2. The quantitative estimate of drug-likeness (QED) is 0.723. The Morgan fingerprint density at radius 3 is 2.70 bits per heavy atom. The molecule has 8 nitrogen and oxygen atoms in total. The van der Waals surface area contributed by atoms with E-state index in [1.165, 1.54) is 12.3 Å². The fourth-order valence-corrected chi connectivity index (χ4v) is 3.12. The minimum absolute atomic E-state index is 0.0260. The zero-order valence-electron chi connectivity index (χ0n) is 14.4. The summed E-state index contributed by atoms with van der Waals surface area (Å²) in [5, 5.41) is 21.3. The number of carbonyl (C=O) groups excluding carboxylic acids is 1. The van der Waals surface area contributed by atoms with Crippen molar-refractivity contribution < 1.29 is 24.1 Å². The largest absolute Gasteiger partial charge is 0.444 e. The molecule has 0 saturated heterocycles. The van der Waals surface area contributed by atoms with Crippen LogP contribution >= 0.6 is 0 Å². The Morgan fingerprint density at radius 2 is 2.07 bits per heavy atom. The SMILES string of the molecule is O=C(Nc1ccn([C@@H]2C[C@H](CO)[C@@H](O)[C@@H]2F)c(=O)n1)OCc1ccccc1. The Bertz CT molecular complexity index is 844. The normalized spacial score (nSPS) is 24.6. The number of hydrogen-bond donors (Lipinski definition) is 3. The molecule has 2 aromatic rings. The van der Waals surface area contributed by atoms with Crippen molar-refractivity contribution in [3.05, 3.63) is 58.6 Å². The van der Waals surface area contributed by atoms with Gasteiger partial charge in [-0.1, -0.05) is 30.3 Å². The second-order valence-corrected chi connectivity index (χ2v) is 6.37. The number of anilines is 1. The molecule has 27 heavy (non-hydrogen) atoms. The molecule has 0 aliphatic heterocycles. The molecule has 0 unspecified atom stereocenters. The van der Waals surface area contributed by atoms with Gasteiger partial charge in [-0.3, -0.25) is 9.88 Å². The Morgan fingerprint density at radius 1 is 1.33 bits per heavy atom. The summed E-state index contributed by atoms with van der Waals surface area (Å²) in [6, 6.07) is 9.50. The van der Waals surface area contributed by atoms with Gasteiger partial charge in [0.05, 0.1) is 12.1 Å². The van der Waals surface area contributed by atoms with Gasteiger partial charge in [-0.2, -0.15) is 4.98 Å². The summed E-state index contributed by atoms with van der Waals surface area (Å²) in [5.41, 5.74) is 0.0394. The minimum atomic E-state index is -1.68. The lowest BCUT2D eigenvalue weighted by atomic mass is 10.1. The highest BCUT2D eigenvalue weighted by Gasteiger charge is 2.43. The van der Waals surface area contributed by atoms with Gasteiger partial charge in [0.15, 0.2) is 0 Å². The summed E-state index contributed by atoms with van der Waals surface area (Å²) in [6.07, 6.45) is -2.38. The van der Waals surface area contributed by atoms with Crippen LogP contribution in [0.15, 0.2) is 47.4 Å². The minimum Gasteiger partial charge on any atom is -0.444 e. The molecule has 3 N–H and O–H groups in total. The number of nitrogens with zero attached hydrogens (tertiary/aromatic N) is 2. The lowest BCUT2D eigenvalue weighted by molar-refractivity contribution is 0.0395. The number of aliphatic hydroxyl groups is 2. The zero-order valence-corrected chi connectivity index (χ0v) is 14.4. The third-order valence-electron chi connectivity index (χ3n) is 4.59. The number of ether oxygens (including phenoxy) is 1. The molecule has 1 amide bonds. The lowest BCUT2D eigenvalue weighted by Gasteiger charge is -2.17. The molecular weight excluding hydrogens is 357 g/mol. The Hall–Kier alpha value is -2.78. The van der Waals surface area contributed by atoms with Crippen LogP contribution < -0.4 is 11.0 Å². The number of nitrogens with one attached hydrogen (secondary N) is 1. The highest BCUT2D eigenvalue weighted by molar-refractivity contribution is 5.83. The summed E-state index contributed by atoms with van der Waals surface area (Å²) < 4.78 is 20.3. The molecule has 0 spiro atoms. The first-order chi connectivity index (χ1) is 13.0. The second kappa shape index (κ2) is 8.28. The molecule has 1 heterocycles. The Kier molecular flexibility index (Phi) is 5.82. The smallest absolute Gasteiger partial charge is 0.413 e. The van der Waals surface area contributed by atoms with Gasteiger partial charge in [-0.15, -0.1) is 0 Å². The Balaban J connectivity index is 1.63. The fourth-order valence-electron chi connectivity index (χ4n) is 3.12. The monoisotopic (exact) mass is 377 g/mol. The molecular formula is C18H20FN3O5. The fraction of sp³-hybridized carbons (Fsp3) is 0.389. The average molecular weight is 377 g/mol. The molecule has 1 aromatic heterocycles. The van der Waals surface area contributed by atoms with Crippen LogP contribution in [0.2, 0.25) is 0 Å². The number of hydrogen-bond acceptors (Lipinski definition) is 6. The lowest BCUT2D eigenvalue weighted by Crippen LogP contribution is -2.33. The zero-order chi connectivity index (χ0) is 19.4. The molecule has 3 rings (SSSR count). The summed E-state index contributed by atoms with van der Waals surface area (Å²) in [5.74, 6) is -0.662. The number of aromatic nitrogens is 2. The first kappa shape index (κ1) is 19.0. The van der Waals surface area contributed by atoms with Crippen molar-refractivity contribution >= 4 is 11.9 Å². The van der Waals surface area contributed by atoms with Crippen LogP contribution in [-0.4, -0.2) is 44.7 Å². The van der Waals surface area contributed by atoms with Crippen molar-refractivity contribution in [3.8, 4) is 0 Å². The summed E-state index contributed by atoms with van der Waals surface area (Å²) in [6.45, 7) is -0.303. The molecule has 1 aliphatic rings. The van der Waals surface area contributed by atoms with E-state index in [1.807, 2.05) is 18.2 Å². The number of halogens is 1. The predicted molar refractivity (Wildman–Crippen MR) is 93.9 cm³/mol. The van der Waals surface area contributed by atoms with E-state index in [4.69, 9.17) is 4.74 Å². The van der Waals surface area contributed by atoms with Crippen LogP contribution in [0.5, 0.6) is 0 Å². The molecule has 9 heteroatoms. The van der Waals surface area contributed by atoms with Gasteiger partial charge < -0.3 is 14.9 Å². The van der Waals surface area contributed by atoms with Gasteiger partial charge in [-0.05, 0) is 18.1 Å². The van der Waals surface area contributed by atoms with Gasteiger partial charge in [0.25, 0.3) is 0 Å². The number of carbonyl (C=O) groups is 1. The van der Waals surface area contributed by atoms with E-state index in [1.54, 1.807) is 12.1 Å². The summed E-state index contributed by atoms with van der Waals surface area (Å²) >= 11 is 0. The van der Waals surface area contributed by atoms with Gasteiger partial charge in [-0.25, -0.2) is 14.0 Å². The highest BCUT2D eigenvalue weighted by Crippen LogP contribution is 2.36. The molecule has 0 radical (unpaired) electrons. The number of rotatable bonds is 5. The van der Waals surface area contributed by atoms with Crippen LogP contribution in [0.25, 0.3) is 0 Å². The third kappa shape index (κ3) is 4.32. The number of alkyl halides is 1. The topological polar surface area (TPSA) is 114 Å². The van der Waals surface area contributed by atoms with Gasteiger partial charge in [0.1, 0.15) is 18.6 Å². The summed E-state index contributed by atoms with van der Waals surface area (Å²) in [4.78, 5) is 27.7. The summed E-state index contributed by atoms with van der Waals surface area (Å²) in [7, 11) is 0. The first-order valence-corrected chi connectivity index (χ1v) is 8.49. The molecule has 1 fully saturated rings. The van der Waals surface area contributed by atoms with Crippen molar-refractivity contribution in [2.45, 2.75) is 31.3 Å². The Labute approximate surface area is 154 Å². The van der Waals surface area contributed by atoms with E-state index in [2.05, 4.69) is 10.3 Å². The van der Waals surface area contributed by atoms with Crippen molar-refractivity contribution in [1.82, 2.24) is 9.55 Å². The van der Waals surface area contributed by atoms with E-state index in [-0.39, 0.29) is 25.5 Å². The molecule has 0 bridgehead atoms. The third-order valence-corrected chi connectivity index (χ3v) is 4.59. The average Bonchev–Trinajstić information content (AvgIpc) is 2.95. The number of amides is 1. The van der Waals surface area contributed by atoms with Crippen LogP contribution in [0.4, 0.5) is 15.0 Å². The van der Waals surface area contributed by atoms with Crippen molar-refractivity contribution in [2.75, 3.05) is 11.9 Å². The van der Waals surface area contributed by atoms with Crippen LogP contribution in [0.1, 0.15) is 18.0 Å². The van der Waals surface area contributed by atoms with Gasteiger partial charge >= 0.3 is 11.8 Å². The number of benzene rings is 1. The van der Waals surface area contributed by atoms with E-state index in [9.17, 15) is 24.2 Å². The van der Waals surface area contributed by atoms with Crippen LogP contribution in [0.3, 0.4) is 0 Å². The maximum absolute atomic E-state index is 14.2. The first-order valence-electron chi connectivity index (χ1n) is 8.49.